The average molecular weight is 352 g/mol. The SMILES string of the molecule is CN(C)c1ccc(CNC(=O)COc2ccc3ccc(=O)oc3c2)cc1. The molecule has 6 nitrogen and oxygen atoms in total. The molecule has 3 rings (SSSR count). The quantitative estimate of drug-likeness (QED) is 0.691. The molecule has 1 N–H and O–H groups in total. The van der Waals surface area contributed by atoms with Crippen LogP contribution in [-0.2, 0) is 11.3 Å². The largest absolute Gasteiger partial charge is 0.484 e. The summed E-state index contributed by atoms with van der Waals surface area (Å²) in [5, 5.41) is 3.61. The van der Waals surface area contributed by atoms with Crippen LogP contribution < -0.4 is 20.6 Å². The van der Waals surface area contributed by atoms with Crippen molar-refractivity contribution in [2.45, 2.75) is 6.54 Å². The number of benzene rings is 2. The van der Waals surface area contributed by atoms with Gasteiger partial charge in [-0.1, -0.05) is 12.1 Å². The Morgan fingerprint density at radius 2 is 1.81 bits per heavy atom. The lowest BCUT2D eigenvalue weighted by atomic mass is 10.2. The van der Waals surface area contributed by atoms with Gasteiger partial charge in [0.25, 0.3) is 5.91 Å². The molecular weight excluding hydrogens is 332 g/mol. The Hall–Kier alpha value is -3.28. The fourth-order valence-corrected chi connectivity index (χ4v) is 2.44. The van der Waals surface area contributed by atoms with Crippen molar-refractivity contribution in [3.8, 4) is 5.75 Å². The Morgan fingerprint density at radius 3 is 2.54 bits per heavy atom. The van der Waals surface area contributed by atoms with E-state index in [1.165, 1.54) is 6.07 Å². The molecule has 1 aromatic heterocycles. The van der Waals surface area contributed by atoms with E-state index in [4.69, 9.17) is 9.15 Å². The third-order valence-corrected chi connectivity index (χ3v) is 3.91. The van der Waals surface area contributed by atoms with Gasteiger partial charge in [0.1, 0.15) is 11.3 Å². The minimum absolute atomic E-state index is 0.113. The van der Waals surface area contributed by atoms with Crippen molar-refractivity contribution in [2.24, 2.45) is 0 Å². The zero-order chi connectivity index (χ0) is 18.5. The van der Waals surface area contributed by atoms with Gasteiger partial charge in [0, 0.05) is 43.8 Å². The second-order valence-corrected chi connectivity index (χ2v) is 6.08. The van der Waals surface area contributed by atoms with Gasteiger partial charge >= 0.3 is 5.63 Å². The van der Waals surface area contributed by atoms with Crippen LogP contribution in [0.25, 0.3) is 11.0 Å². The van der Waals surface area contributed by atoms with Crippen molar-refractivity contribution in [3.63, 3.8) is 0 Å². The van der Waals surface area contributed by atoms with Gasteiger partial charge in [0.05, 0.1) is 0 Å². The first-order valence-electron chi connectivity index (χ1n) is 8.21. The van der Waals surface area contributed by atoms with Crippen molar-refractivity contribution in [3.05, 3.63) is 70.6 Å². The number of hydrogen-bond acceptors (Lipinski definition) is 5. The number of ether oxygens (including phenoxy) is 1. The molecule has 3 aromatic rings. The second-order valence-electron chi connectivity index (χ2n) is 6.08. The molecule has 6 heteroatoms. The average Bonchev–Trinajstić information content (AvgIpc) is 2.64. The lowest BCUT2D eigenvalue weighted by molar-refractivity contribution is -0.123. The molecule has 0 aliphatic rings. The maximum absolute atomic E-state index is 12.0. The maximum Gasteiger partial charge on any atom is 0.336 e. The third-order valence-electron chi connectivity index (χ3n) is 3.91. The zero-order valence-electron chi connectivity index (χ0n) is 14.7. The minimum Gasteiger partial charge on any atom is -0.484 e. The van der Waals surface area contributed by atoms with Gasteiger partial charge in [-0.25, -0.2) is 4.79 Å². The predicted octanol–water partition coefficient (Wildman–Crippen LogP) is 2.55. The number of nitrogens with zero attached hydrogens (tertiary/aromatic N) is 1. The van der Waals surface area contributed by atoms with E-state index < -0.39 is 5.63 Å². The third kappa shape index (κ3) is 4.42. The highest BCUT2D eigenvalue weighted by molar-refractivity contribution is 5.79. The summed E-state index contributed by atoms with van der Waals surface area (Å²) in [7, 11) is 3.96. The van der Waals surface area contributed by atoms with E-state index in [0.29, 0.717) is 17.9 Å². The van der Waals surface area contributed by atoms with Gasteiger partial charge in [-0.3, -0.25) is 4.79 Å². The molecule has 2 aromatic carbocycles. The lowest BCUT2D eigenvalue weighted by Gasteiger charge is -2.13. The molecule has 0 atom stereocenters. The molecule has 0 saturated heterocycles. The number of hydrogen-bond donors (Lipinski definition) is 1. The number of carbonyl (C=O) groups excluding carboxylic acids is 1. The zero-order valence-corrected chi connectivity index (χ0v) is 14.7. The number of carbonyl (C=O) groups is 1. The second kappa shape index (κ2) is 7.74. The van der Waals surface area contributed by atoms with Crippen molar-refractivity contribution in [1.29, 1.82) is 0 Å². The van der Waals surface area contributed by atoms with E-state index in [2.05, 4.69) is 5.32 Å². The Bertz CT molecular complexity index is 961. The summed E-state index contributed by atoms with van der Waals surface area (Å²) in [5.74, 6) is 0.244. The smallest absolute Gasteiger partial charge is 0.336 e. The number of anilines is 1. The molecule has 0 saturated carbocycles. The summed E-state index contributed by atoms with van der Waals surface area (Å²) in [6.07, 6.45) is 0. The van der Waals surface area contributed by atoms with Crippen LogP contribution in [0.3, 0.4) is 0 Å². The van der Waals surface area contributed by atoms with Crippen molar-refractivity contribution >= 4 is 22.6 Å². The Labute approximate surface area is 151 Å². The summed E-state index contributed by atoms with van der Waals surface area (Å²) in [4.78, 5) is 25.2. The standard InChI is InChI=1S/C20H20N2O4/c1-22(2)16-7-3-14(4-8-16)12-21-19(23)13-25-17-9-5-15-6-10-20(24)26-18(15)11-17/h3-11H,12-13H2,1-2H3,(H,21,23). The van der Waals surface area contributed by atoms with Crippen LogP contribution in [0.5, 0.6) is 5.75 Å². The first kappa shape index (κ1) is 17.5. The molecule has 1 amide bonds. The molecule has 0 spiro atoms. The number of fused-ring (bicyclic) bond motifs is 1. The van der Waals surface area contributed by atoms with Crippen LogP contribution >= 0.6 is 0 Å². The molecule has 0 aliphatic heterocycles. The highest BCUT2D eigenvalue weighted by Crippen LogP contribution is 2.19. The van der Waals surface area contributed by atoms with E-state index in [9.17, 15) is 9.59 Å². The van der Waals surface area contributed by atoms with Gasteiger partial charge in [-0.15, -0.1) is 0 Å². The summed E-state index contributed by atoms with van der Waals surface area (Å²) < 4.78 is 10.6. The van der Waals surface area contributed by atoms with Crippen LogP contribution in [-0.4, -0.2) is 26.6 Å². The van der Waals surface area contributed by atoms with E-state index in [1.807, 2.05) is 43.3 Å². The molecule has 0 radical (unpaired) electrons. The maximum atomic E-state index is 12.0. The first-order valence-corrected chi connectivity index (χ1v) is 8.21. The summed E-state index contributed by atoms with van der Waals surface area (Å²) in [6.45, 7) is 0.320. The fraction of sp³-hybridized carbons (Fsp3) is 0.200. The van der Waals surface area contributed by atoms with Crippen molar-refractivity contribution in [2.75, 3.05) is 25.6 Å². The van der Waals surface area contributed by atoms with Gasteiger partial charge in [-0.2, -0.15) is 0 Å². The summed E-state index contributed by atoms with van der Waals surface area (Å²) in [6, 6.07) is 16.1. The summed E-state index contributed by atoms with van der Waals surface area (Å²) >= 11 is 0. The Kier molecular flexibility index (Phi) is 5.22. The van der Waals surface area contributed by atoms with Crippen LogP contribution in [0.15, 0.2) is 63.8 Å². The van der Waals surface area contributed by atoms with E-state index in [-0.39, 0.29) is 12.5 Å². The molecule has 1 heterocycles. The van der Waals surface area contributed by atoms with E-state index in [1.54, 1.807) is 24.3 Å². The molecule has 134 valence electrons. The summed E-state index contributed by atoms with van der Waals surface area (Å²) in [5.41, 5.74) is 2.12. The van der Waals surface area contributed by atoms with Gasteiger partial charge in [0.2, 0.25) is 0 Å². The Morgan fingerprint density at radius 1 is 1.08 bits per heavy atom. The molecule has 0 bridgehead atoms. The molecule has 0 unspecified atom stereocenters. The highest BCUT2D eigenvalue weighted by atomic mass is 16.5. The number of rotatable bonds is 6. The topological polar surface area (TPSA) is 71.8 Å². The van der Waals surface area contributed by atoms with E-state index >= 15 is 0 Å². The van der Waals surface area contributed by atoms with Gasteiger partial charge in [0.15, 0.2) is 6.61 Å². The van der Waals surface area contributed by atoms with Crippen LogP contribution in [0.2, 0.25) is 0 Å². The molecule has 26 heavy (non-hydrogen) atoms. The normalized spacial score (nSPS) is 10.5. The van der Waals surface area contributed by atoms with Crippen LogP contribution in [0.4, 0.5) is 5.69 Å². The highest BCUT2D eigenvalue weighted by Gasteiger charge is 2.05. The van der Waals surface area contributed by atoms with Gasteiger partial charge in [-0.05, 0) is 35.9 Å². The molecule has 0 aliphatic carbocycles. The monoisotopic (exact) mass is 352 g/mol. The van der Waals surface area contributed by atoms with Crippen LogP contribution in [0, 0.1) is 0 Å². The molecule has 0 fully saturated rings. The minimum atomic E-state index is -0.423. The number of amides is 1. The van der Waals surface area contributed by atoms with E-state index in [0.717, 1.165) is 16.6 Å². The van der Waals surface area contributed by atoms with Crippen LogP contribution in [0.1, 0.15) is 5.56 Å². The first-order chi connectivity index (χ1) is 12.5. The van der Waals surface area contributed by atoms with Crippen molar-refractivity contribution in [1.82, 2.24) is 5.32 Å². The number of nitrogens with one attached hydrogen (secondary N) is 1. The van der Waals surface area contributed by atoms with Gasteiger partial charge < -0.3 is 19.4 Å². The Balaban J connectivity index is 1.53. The van der Waals surface area contributed by atoms with Crippen molar-refractivity contribution < 1.29 is 13.9 Å². The fourth-order valence-electron chi connectivity index (χ4n) is 2.44. The predicted molar refractivity (Wildman–Crippen MR) is 101 cm³/mol. The lowest BCUT2D eigenvalue weighted by Crippen LogP contribution is -2.28. The molecular formula is C20H20N2O4.